The van der Waals surface area contributed by atoms with Crippen LogP contribution < -0.4 is 14.5 Å². The topological polar surface area (TPSA) is 89.8 Å². The molecule has 4 aromatic rings. The molecule has 1 aliphatic heterocycles. The Hall–Kier alpha value is -3.74. The van der Waals surface area contributed by atoms with E-state index in [1.165, 1.54) is 11.9 Å². The van der Waals surface area contributed by atoms with Crippen LogP contribution in [0.4, 0.5) is 31.9 Å². The number of hydrogen-bond donors (Lipinski definition) is 0. The highest BCUT2D eigenvalue weighted by Crippen LogP contribution is 2.50. The molecule has 13 heteroatoms. The maximum absolute atomic E-state index is 15.3. The third-order valence-corrected chi connectivity index (χ3v) is 9.83. The van der Waals surface area contributed by atoms with Crippen LogP contribution in [0, 0.1) is 18.6 Å². The molecule has 1 atom stereocenters. The number of aromatic nitrogens is 3. The third kappa shape index (κ3) is 6.56. The Labute approximate surface area is 272 Å². The van der Waals surface area contributed by atoms with Crippen molar-refractivity contribution in [3.8, 4) is 5.75 Å². The second-order valence-electron chi connectivity index (χ2n) is 11.9. The number of hydrogen-bond acceptors (Lipinski definition) is 8. The van der Waals surface area contributed by atoms with Crippen molar-refractivity contribution in [2.24, 2.45) is 0 Å². The lowest BCUT2D eigenvalue weighted by Crippen LogP contribution is -2.24. The SMILES string of the molecule is COc1ccc(CN(c2cc(C)n(C3CCCCO3)n2)c2nc(N(C)c3c(F)cc(S(C)(=O)=O)cc3F)cc(Cl)c2C2CC2)cc1. The molecule has 0 spiro atoms. The van der Waals surface area contributed by atoms with Crippen molar-refractivity contribution in [2.45, 2.75) is 62.6 Å². The second-order valence-corrected chi connectivity index (χ2v) is 14.3. The van der Waals surface area contributed by atoms with Crippen LogP contribution in [0.5, 0.6) is 5.75 Å². The van der Waals surface area contributed by atoms with E-state index in [1.54, 1.807) is 13.2 Å². The number of methoxy groups -OCH3 is 1. The summed E-state index contributed by atoms with van der Waals surface area (Å²) < 4.78 is 68.0. The van der Waals surface area contributed by atoms with Crippen LogP contribution in [0.3, 0.4) is 0 Å². The summed E-state index contributed by atoms with van der Waals surface area (Å²) in [6, 6.07) is 12.9. The van der Waals surface area contributed by atoms with Gasteiger partial charge in [0.05, 0.1) is 23.6 Å². The van der Waals surface area contributed by atoms with E-state index in [0.29, 0.717) is 29.8 Å². The first kappa shape index (κ1) is 32.2. The predicted octanol–water partition coefficient (Wildman–Crippen LogP) is 7.61. The Morgan fingerprint density at radius 3 is 2.33 bits per heavy atom. The van der Waals surface area contributed by atoms with Gasteiger partial charge in [0.2, 0.25) is 0 Å². The lowest BCUT2D eigenvalue weighted by molar-refractivity contribution is -0.0405. The fraction of sp³-hybridized carbons (Fsp3) is 0.394. The molecule has 2 aromatic heterocycles. The lowest BCUT2D eigenvalue weighted by atomic mass is 10.1. The lowest BCUT2D eigenvalue weighted by Gasteiger charge is -2.28. The predicted molar refractivity (Wildman–Crippen MR) is 173 cm³/mol. The molecule has 1 saturated heterocycles. The summed E-state index contributed by atoms with van der Waals surface area (Å²) in [5, 5.41) is 5.42. The van der Waals surface area contributed by atoms with Gasteiger partial charge >= 0.3 is 0 Å². The number of nitrogens with zero attached hydrogens (tertiary/aromatic N) is 5. The number of benzene rings is 2. The summed E-state index contributed by atoms with van der Waals surface area (Å²) in [5.41, 5.74) is 2.26. The van der Waals surface area contributed by atoms with Gasteiger partial charge in [-0.2, -0.15) is 5.10 Å². The number of pyridine rings is 1. The van der Waals surface area contributed by atoms with Gasteiger partial charge in [0.1, 0.15) is 23.1 Å². The van der Waals surface area contributed by atoms with Crippen LogP contribution in [0.1, 0.15) is 61.1 Å². The maximum atomic E-state index is 15.3. The molecular formula is C33H36ClF2N5O4S. The Morgan fingerprint density at radius 1 is 1.04 bits per heavy atom. The van der Waals surface area contributed by atoms with E-state index >= 15 is 8.78 Å². The van der Waals surface area contributed by atoms with E-state index in [9.17, 15) is 8.42 Å². The van der Waals surface area contributed by atoms with Crippen molar-refractivity contribution in [3.05, 3.63) is 82.0 Å². The van der Waals surface area contributed by atoms with Crippen LogP contribution in [0.25, 0.3) is 0 Å². The van der Waals surface area contributed by atoms with Gasteiger partial charge in [-0.3, -0.25) is 0 Å². The third-order valence-electron chi connectivity index (χ3n) is 8.43. The molecule has 9 nitrogen and oxygen atoms in total. The highest BCUT2D eigenvalue weighted by Gasteiger charge is 2.34. The summed E-state index contributed by atoms with van der Waals surface area (Å²) in [5.74, 6) is 0.148. The summed E-state index contributed by atoms with van der Waals surface area (Å²) in [6.45, 7) is 3.02. The minimum absolute atomic E-state index is 0.167. The highest BCUT2D eigenvalue weighted by atomic mass is 35.5. The molecule has 244 valence electrons. The highest BCUT2D eigenvalue weighted by molar-refractivity contribution is 7.90. The van der Waals surface area contributed by atoms with Gasteiger partial charge in [-0.1, -0.05) is 23.7 Å². The smallest absolute Gasteiger partial charge is 0.175 e. The van der Waals surface area contributed by atoms with Crippen molar-refractivity contribution in [2.75, 3.05) is 36.8 Å². The van der Waals surface area contributed by atoms with Gasteiger partial charge < -0.3 is 19.3 Å². The van der Waals surface area contributed by atoms with Crippen LogP contribution in [0.2, 0.25) is 5.02 Å². The number of ether oxygens (including phenoxy) is 2. The van der Waals surface area contributed by atoms with E-state index < -0.39 is 32.1 Å². The standard InChI is InChI=1S/C33H36ClF2N5O4S/c1-20-15-29(38-41(20)30-7-5-6-14-45-30)40(19-21-8-12-23(44-3)13-9-21)33-31(22-10-11-22)25(34)18-28(37-33)39(2)32-26(35)16-24(17-27(32)36)46(4,42)43/h8-9,12-13,15-18,22,30H,5-7,10-11,14,19H2,1-4H3. The molecule has 2 fully saturated rings. The molecule has 3 heterocycles. The first-order valence-corrected chi connectivity index (χ1v) is 17.4. The van der Waals surface area contributed by atoms with Gasteiger partial charge in [0.15, 0.2) is 33.5 Å². The summed E-state index contributed by atoms with van der Waals surface area (Å²) in [4.78, 5) is 7.76. The normalized spacial score (nSPS) is 16.8. The maximum Gasteiger partial charge on any atom is 0.175 e. The molecule has 6 rings (SSSR count). The molecule has 2 aliphatic rings. The number of rotatable bonds is 10. The minimum atomic E-state index is -3.83. The van der Waals surface area contributed by atoms with Gasteiger partial charge in [0, 0.05) is 43.3 Å². The number of sulfone groups is 1. The van der Waals surface area contributed by atoms with E-state index in [4.69, 9.17) is 31.2 Å². The van der Waals surface area contributed by atoms with Crippen LogP contribution in [-0.4, -0.2) is 50.2 Å². The zero-order valence-corrected chi connectivity index (χ0v) is 27.7. The van der Waals surface area contributed by atoms with Gasteiger partial charge in [-0.25, -0.2) is 26.9 Å². The van der Waals surface area contributed by atoms with E-state index in [0.717, 1.165) is 73.1 Å². The molecule has 0 amide bonds. The fourth-order valence-corrected chi connectivity index (χ4v) is 6.78. The van der Waals surface area contributed by atoms with Gasteiger partial charge in [0.25, 0.3) is 0 Å². The molecule has 1 aliphatic carbocycles. The van der Waals surface area contributed by atoms with Gasteiger partial charge in [-0.05, 0) is 74.8 Å². The van der Waals surface area contributed by atoms with Crippen LogP contribution >= 0.6 is 11.6 Å². The summed E-state index contributed by atoms with van der Waals surface area (Å²) in [7, 11) is -0.753. The molecule has 1 unspecified atom stereocenters. The summed E-state index contributed by atoms with van der Waals surface area (Å²) in [6.07, 6.45) is 5.49. The van der Waals surface area contributed by atoms with Crippen molar-refractivity contribution in [1.29, 1.82) is 0 Å². The van der Waals surface area contributed by atoms with Crippen molar-refractivity contribution in [3.63, 3.8) is 0 Å². The number of halogens is 3. The van der Waals surface area contributed by atoms with E-state index in [-0.39, 0.29) is 18.0 Å². The largest absolute Gasteiger partial charge is 0.497 e. The Bertz CT molecular complexity index is 1840. The Kier molecular flexibility index (Phi) is 8.97. The second kappa shape index (κ2) is 12.8. The summed E-state index contributed by atoms with van der Waals surface area (Å²) >= 11 is 6.98. The molecule has 0 N–H and O–H groups in total. The quantitative estimate of drug-likeness (QED) is 0.170. The molecular weight excluding hydrogens is 636 g/mol. The van der Waals surface area contributed by atoms with Crippen molar-refractivity contribution >= 4 is 44.6 Å². The van der Waals surface area contributed by atoms with Crippen LogP contribution in [0.15, 0.2) is 53.4 Å². The Morgan fingerprint density at radius 2 is 1.74 bits per heavy atom. The van der Waals surface area contributed by atoms with Crippen LogP contribution in [-0.2, 0) is 21.1 Å². The number of anilines is 4. The van der Waals surface area contributed by atoms with E-state index in [1.807, 2.05) is 46.8 Å². The minimum Gasteiger partial charge on any atom is -0.497 e. The number of aryl methyl sites for hydroxylation is 1. The molecule has 2 aromatic carbocycles. The Balaban J connectivity index is 1.48. The zero-order valence-electron chi connectivity index (χ0n) is 26.1. The average Bonchev–Trinajstić information content (AvgIpc) is 3.79. The average molecular weight is 672 g/mol. The van der Waals surface area contributed by atoms with Crippen molar-refractivity contribution < 1.29 is 26.7 Å². The first-order chi connectivity index (χ1) is 21.9. The molecule has 0 bridgehead atoms. The molecule has 1 saturated carbocycles. The first-order valence-electron chi connectivity index (χ1n) is 15.2. The van der Waals surface area contributed by atoms with Gasteiger partial charge in [-0.15, -0.1) is 0 Å². The monoisotopic (exact) mass is 671 g/mol. The van der Waals surface area contributed by atoms with Crippen molar-refractivity contribution in [1.82, 2.24) is 14.8 Å². The molecule has 0 radical (unpaired) electrons. The molecule has 46 heavy (non-hydrogen) atoms. The fourth-order valence-electron chi connectivity index (χ4n) is 5.81. The van der Waals surface area contributed by atoms with E-state index in [2.05, 4.69) is 0 Å². The zero-order chi connectivity index (χ0) is 32.7.